The summed E-state index contributed by atoms with van der Waals surface area (Å²) in [5, 5.41) is 9.50. The van der Waals surface area contributed by atoms with Gasteiger partial charge < -0.3 is 10.1 Å². The van der Waals surface area contributed by atoms with Gasteiger partial charge in [0.15, 0.2) is 0 Å². The van der Waals surface area contributed by atoms with E-state index in [1.807, 2.05) is 0 Å². The number of halogens is 3. The first kappa shape index (κ1) is 13.5. The second kappa shape index (κ2) is 4.51. The Kier molecular flexibility index (Phi) is 2.90. The molecule has 3 nitrogen and oxygen atoms in total. The van der Waals surface area contributed by atoms with Gasteiger partial charge in [0.25, 0.3) is 0 Å². The smallest absolute Gasteiger partial charge is 0.416 e. The number of aryl methyl sites for hydroxylation is 1. The molecule has 0 unspecified atom stereocenters. The van der Waals surface area contributed by atoms with Crippen LogP contribution in [0.25, 0.3) is 22.4 Å². The zero-order chi connectivity index (χ0) is 15.2. The van der Waals surface area contributed by atoms with Crippen molar-refractivity contribution in [3.8, 4) is 17.1 Å². The number of aromatic amines is 1. The van der Waals surface area contributed by atoms with Crippen LogP contribution in [0.1, 0.15) is 11.1 Å². The SMILES string of the molecule is Cc1cc(-c2nc3ccc(C(F)(F)F)cc3[nH]2)ccc1O. The van der Waals surface area contributed by atoms with Gasteiger partial charge in [-0.25, -0.2) is 4.98 Å². The minimum Gasteiger partial charge on any atom is -0.508 e. The number of phenols is 1. The van der Waals surface area contributed by atoms with Crippen LogP contribution < -0.4 is 0 Å². The molecule has 2 N–H and O–H groups in total. The van der Waals surface area contributed by atoms with E-state index in [0.29, 0.717) is 28.0 Å². The molecular weight excluding hydrogens is 281 g/mol. The zero-order valence-corrected chi connectivity index (χ0v) is 11.0. The highest BCUT2D eigenvalue weighted by molar-refractivity contribution is 5.80. The average Bonchev–Trinajstić information content (AvgIpc) is 2.83. The molecule has 0 fully saturated rings. The Balaban J connectivity index is 2.10. The largest absolute Gasteiger partial charge is 0.508 e. The minimum atomic E-state index is -4.38. The quantitative estimate of drug-likeness (QED) is 0.704. The Morgan fingerprint density at radius 1 is 1.10 bits per heavy atom. The molecule has 3 rings (SSSR count). The van der Waals surface area contributed by atoms with Crippen LogP contribution in [0.4, 0.5) is 13.2 Å². The third-order valence-corrected chi connectivity index (χ3v) is 3.28. The highest BCUT2D eigenvalue weighted by Crippen LogP contribution is 2.32. The fourth-order valence-corrected chi connectivity index (χ4v) is 2.13. The lowest BCUT2D eigenvalue weighted by Gasteiger charge is -2.05. The van der Waals surface area contributed by atoms with Crippen LogP contribution in [0.2, 0.25) is 0 Å². The molecule has 0 aliphatic rings. The predicted octanol–water partition coefficient (Wildman–Crippen LogP) is 4.26. The summed E-state index contributed by atoms with van der Waals surface area (Å²) in [5.74, 6) is 0.627. The lowest BCUT2D eigenvalue weighted by Crippen LogP contribution is -2.04. The number of fused-ring (bicyclic) bond motifs is 1. The predicted molar refractivity (Wildman–Crippen MR) is 72.9 cm³/mol. The molecule has 0 amide bonds. The number of hydrogen-bond donors (Lipinski definition) is 2. The van der Waals surface area contributed by atoms with Gasteiger partial charge in [-0.05, 0) is 48.9 Å². The van der Waals surface area contributed by atoms with Crippen molar-refractivity contribution >= 4 is 11.0 Å². The number of nitrogens with one attached hydrogen (secondary N) is 1. The first-order chi connectivity index (χ1) is 9.84. The van der Waals surface area contributed by atoms with Crippen LogP contribution in [0.5, 0.6) is 5.75 Å². The molecule has 21 heavy (non-hydrogen) atoms. The van der Waals surface area contributed by atoms with Gasteiger partial charge in [0, 0.05) is 5.56 Å². The van der Waals surface area contributed by atoms with Crippen molar-refractivity contribution in [3.05, 3.63) is 47.5 Å². The number of benzene rings is 2. The molecule has 0 atom stereocenters. The van der Waals surface area contributed by atoms with E-state index < -0.39 is 11.7 Å². The fraction of sp³-hybridized carbons (Fsp3) is 0.133. The molecule has 6 heteroatoms. The Bertz CT molecular complexity index is 821. The number of phenolic OH excluding ortho intramolecular Hbond substituents is 1. The van der Waals surface area contributed by atoms with Crippen LogP contribution in [-0.4, -0.2) is 15.1 Å². The molecule has 0 aliphatic heterocycles. The molecule has 0 saturated carbocycles. The van der Waals surface area contributed by atoms with Crippen LogP contribution >= 0.6 is 0 Å². The lowest BCUT2D eigenvalue weighted by molar-refractivity contribution is -0.137. The van der Waals surface area contributed by atoms with E-state index in [4.69, 9.17) is 0 Å². The summed E-state index contributed by atoms with van der Waals surface area (Å²) < 4.78 is 38.0. The monoisotopic (exact) mass is 292 g/mol. The summed E-state index contributed by atoms with van der Waals surface area (Å²) in [6, 6.07) is 8.29. The second-order valence-corrected chi connectivity index (χ2v) is 4.82. The Hall–Kier alpha value is -2.50. The van der Waals surface area contributed by atoms with Crippen molar-refractivity contribution < 1.29 is 18.3 Å². The molecule has 0 saturated heterocycles. The van der Waals surface area contributed by atoms with Gasteiger partial charge in [0.2, 0.25) is 0 Å². The van der Waals surface area contributed by atoms with E-state index in [2.05, 4.69) is 9.97 Å². The van der Waals surface area contributed by atoms with E-state index in [1.54, 1.807) is 19.1 Å². The lowest BCUT2D eigenvalue weighted by atomic mass is 10.1. The summed E-state index contributed by atoms with van der Waals surface area (Å²) in [7, 11) is 0. The maximum Gasteiger partial charge on any atom is 0.416 e. The Labute approximate surface area is 118 Å². The van der Waals surface area contributed by atoms with Gasteiger partial charge in [-0.1, -0.05) is 0 Å². The topological polar surface area (TPSA) is 48.9 Å². The van der Waals surface area contributed by atoms with Crippen LogP contribution in [0.3, 0.4) is 0 Å². The molecule has 2 aromatic carbocycles. The fourth-order valence-electron chi connectivity index (χ4n) is 2.13. The summed E-state index contributed by atoms with van der Waals surface area (Å²) in [6.07, 6.45) is -4.38. The van der Waals surface area contributed by atoms with Gasteiger partial charge in [-0.15, -0.1) is 0 Å². The summed E-state index contributed by atoms with van der Waals surface area (Å²) in [6.45, 7) is 1.74. The third-order valence-electron chi connectivity index (χ3n) is 3.28. The van der Waals surface area contributed by atoms with Crippen molar-refractivity contribution in [3.63, 3.8) is 0 Å². The van der Waals surface area contributed by atoms with E-state index in [9.17, 15) is 18.3 Å². The molecule has 0 aliphatic carbocycles. The van der Waals surface area contributed by atoms with E-state index in [0.717, 1.165) is 12.1 Å². The first-order valence-corrected chi connectivity index (χ1v) is 6.21. The van der Waals surface area contributed by atoms with Gasteiger partial charge in [0.05, 0.1) is 16.6 Å². The average molecular weight is 292 g/mol. The van der Waals surface area contributed by atoms with Crippen molar-refractivity contribution in [2.75, 3.05) is 0 Å². The number of H-pyrrole nitrogens is 1. The highest BCUT2D eigenvalue weighted by atomic mass is 19.4. The summed E-state index contributed by atoms with van der Waals surface area (Å²) >= 11 is 0. The van der Waals surface area contributed by atoms with Crippen LogP contribution in [0, 0.1) is 6.92 Å². The molecule has 0 radical (unpaired) electrons. The Morgan fingerprint density at radius 2 is 1.86 bits per heavy atom. The summed E-state index contributed by atoms with van der Waals surface area (Å²) in [4.78, 5) is 7.15. The van der Waals surface area contributed by atoms with E-state index >= 15 is 0 Å². The van der Waals surface area contributed by atoms with Crippen molar-refractivity contribution in [1.29, 1.82) is 0 Å². The molecule has 1 heterocycles. The maximum atomic E-state index is 12.7. The van der Waals surface area contributed by atoms with Crippen LogP contribution in [-0.2, 0) is 6.18 Å². The molecule has 1 aromatic heterocycles. The summed E-state index contributed by atoms with van der Waals surface area (Å²) in [5.41, 5.74) is 1.44. The molecule has 3 aromatic rings. The van der Waals surface area contributed by atoms with Gasteiger partial charge >= 0.3 is 6.18 Å². The second-order valence-electron chi connectivity index (χ2n) is 4.82. The number of hydrogen-bond acceptors (Lipinski definition) is 2. The molecule has 0 bridgehead atoms. The molecule has 108 valence electrons. The standard InChI is InChI=1S/C15H11F3N2O/c1-8-6-9(2-5-13(8)21)14-19-11-4-3-10(15(16,17)18)7-12(11)20-14/h2-7,21H,1H3,(H,19,20). The van der Waals surface area contributed by atoms with Crippen molar-refractivity contribution in [1.82, 2.24) is 9.97 Å². The first-order valence-electron chi connectivity index (χ1n) is 6.21. The van der Waals surface area contributed by atoms with E-state index in [1.165, 1.54) is 12.1 Å². The van der Waals surface area contributed by atoms with Crippen molar-refractivity contribution in [2.45, 2.75) is 13.1 Å². The highest BCUT2D eigenvalue weighted by Gasteiger charge is 2.30. The molecule has 0 spiro atoms. The number of aromatic nitrogens is 2. The minimum absolute atomic E-state index is 0.161. The zero-order valence-electron chi connectivity index (χ0n) is 11.0. The van der Waals surface area contributed by atoms with Gasteiger partial charge in [-0.2, -0.15) is 13.2 Å². The Morgan fingerprint density at radius 3 is 2.52 bits per heavy atom. The number of rotatable bonds is 1. The number of aromatic hydroxyl groups is 1. The van der Waals surface area contributed by atoms with Gasteiger partial charge in [-0.3, -0.25) is 0 Å². The normalized spacial score (nSPS) is 12.0. The van der Waals surface area contributed by atoms with Crippen LogP contribution in [0.15, 0.2) is 36.4 Å². The number of imidazole rings is 1. The number of alkyl halides is 3. The van der Waals surface area contributed by atoms with Crippen molar-refractivity contribution in [2.24, 2.45) is 0 Å². The third kappa shape index (κ3) is 2.44. The van der Waals surface area contributed by atoms with E-state index in [-0.39, 0.29) is 5.75 Å². The maximum absolute atomic E-state index is 12.7. The molecular formula is C15H11F3N2O. The van der Waals surface area contributed by atoms with Gasteiger partial charge in [0.1, 0.15) is 11.6 Å². The number of nitrogens with zero attached hydrogens (tertiary/aromatic N) is 1.